The van der Waals surface area contributed by atoms with Gasteiger partial charge < -0.3 is 4.74 Å². The molecule has 1 aromatic heterocycles. The number of rotatable bonds is 3. The zero-order chi connectivity index (χ0) is 14.8. The van der Waals surface area contributed by atoms with Crippen LogP contribution in [-0.2, 0) is 17.3 Å². The Hall–Kier alpha value is -1.30. The van der Waals surface area contributed by atoms with E-state index in [1.165, 1.54) is 13.8 Å². The lowest BCUT2D eigenvalue weighted by Gasteiger charge is -2.17. The van der Waals surface area contributed by atoms with Crippen molar-refractivity contribution in [2.45, 2.75) is 33.4 Å². The highest BCUT2D eigenvalue weighted by molar-refractivity contribution is 6.32. The summed E-state index contributed by atoms with van der Waals surface area (Å²) in [6, 6.07) is 0. The summed E-state index contributed by atoms with van der Waals surface area (Å²) in [5.74, 6) is -1.05. The maximum atomic E-state index is 13.0. The van der Waals surface area contributed by atoms with Gasteiger partial charge in [0.05, 0.1) is 22.9 Å². The van der Waals surface area contributed by atoms with Crippen LogP contribution >= 0.6 is 11.6 Å². The van der Waals surface area contributed by atoms with Gasteiger partial charge in [-0.25, -0.2) is 9.78 Å². The maximum Gasteiger partial charge on any atom is 0.434 e. The summed E-state index contributed by atoms with van der Waals surface area (Å²) in [5.41, 5.74) is -1.68. The van der Waals surface area contributed by atoms with Crippen LogP contribution in [0.5, 0.6) is 0 Å². The number of esters is 1. The molecule has 0 radical (unpaired) electrons. The highest BCUT2D eigenvalue weighted by Gasteiger charge is 2.40. The van der Waals surface area contributed by atoms with Gasteiger partial charge in [0.25, 0.3) is 0 Å². The van der Waals surface area contributed by atoms with Gasteiger partial charge in [0.15, 0.2) is 5.69 Å². The summed E-state index contributed by atoms with van der Waals surface area (Å²) in [4.78, 5) is 15.1. The van der Waals surface area contributed by atoms with Gasteiger partial charge >= 0.3 is 12.1 Å². The molecule has 0 aliphatic rings. The molecule has 0 saturated heterocycles. The van der Waals surface area contributed by atoms with Crippen LogP contribution in [0, 0.1) is 6.92 Å². The van der Waals surface area contributed by atoms with Gasteiger partial charge in [-0.2, -0.15) is 13.2 Å². The predicted molar refractivity (Wildman–Crippen MR) is 64.3 cm³/mol. The molecule has 3 nitrogen and oxygen atoms in total. The number of halogens is 4. The SMILES string of the molecule is CCOC(=O)c1c(C(F)(F)F)nc(C)c(Cl)c1CC. The van der Waals surface area contributed by atoms with Crippen LogP contribution in [0.1, 0.15) is 41.2 Å². The van der Waals surface area contributed by atoms with Crippen molar-refractivity contribution in [3.63, 3.8) is 0 Å². The number of alkyl halides is 3. The molecule has 0 aliphatic carbocycles. The van der Waals surface area contributed by atoms with Crippen molar-refractivity contribution in [2.24, 2.45) is 0 Å². The highest BCUT2D eigenvalue weighted by atomic mass is 35.5. The third kappa shape index (κ3) is 3.18. The van der Waals surface area contributed by atoms with E-state index < -0.39 is 23.4 Å². The van der Waals surface area contributed by atoms with Gasteiger partial charge in [-0.1, -0.05) is 18.5 Å². The quantitative estimate of drug-likeness (QED) is 0.796. The lowest BCUT2D eigenvalue weighted by atomic mass is 10.0. The number of aryl methyl sites for hydroxylation is 1. The Labute approximate surface area is 113 Å². The molecule has 7 heteroatoms. The third-order valence-electron chi connectivity index (χ3n) is 2.50. The number of aromatic nitrogens is 1. The summed E-state index contributed by atoms with van der Waals surface area (Å²) in [6.07, 6.45) is -4.55. The molecule has 106 valence electrons. The molecule has 1 heterocycles. The molecule has 0 bridgehead atoms. The molecule has 0 amide bonds. The van der Waals surface area contributed by atoms with Crippen LogP contribution < -0.4 is 0 Å². The fourth-order valence-electron chi connectivity index (χ4n) is 1.70. The van der Waals surface area contributed by atoms with E-state index in [-0.39, 0.29) is 29.3 Å². The molecule has 0 N–H and O–H groups in total. The van der Waals surface area contributed by atoms with Crippen LogP contribution in [0.3, 0.4) is 0 Å². The standard InChI is InChI=1S/C12H13ClF3NO2/c1-4-7-8(11(18)19-5-2)10(12(14,15)16)17-6(3)9(7)13/h4-5H2,1-3H3. The molecule has 1 rings (SSSR count). The largest absolute Gasteiger partial charge is 0.462 e. The average Bonchev–Trinajstić information content (AvgIpc) is 2.30. The van der Waals surface area contributed by atoms with E-state index in [9.17, 15) is 18.0 Å². The molecule has 0 unspecified atom stereocenters. The van der Waals surface area contributed by atoms with Gasteiger partial charge in [-0.3, -0.25) is 0 Å². The van der Waals surface area contributed by atoms with Crippen LogP contribution in [0.4, 0.5) is 13.2 Å². The fourth-order valence-corrected chi connectivity index (χ4v) is 1.97. The van der Waals surface area contributed by atoms with E-state index in [1.807, 2.05) is 0 Å². The second-order valence-corrected chi connectivity index (χ2v) is 4.16. The summed E-state index contributed by atoms with van der Waals surface area (Å²) >= 11 is 5.93. The van der Waals surface area contributed by atoms with Gasteiger partial charge in [-0.05, 0) is 25.8 Å². The van der Waals surface area contributed by atoms with E-state index in [4.69, 9.17) is 11.6 Å². The normalized spacial score (nSPS) is 11.5. The number of pyridine rings is 1. The molecule has 0 saturated carbocycles. The second kappa shape index (κ2) is 5.77. The lowest BCUT2D eigenvalue weighted by molar-refractivity contribution is -0.141. The van der Waals surface area contributed by atoms with Crippen LogP contribution in [0.25, 0.3) is 0 Å². The number of hydrogen-bond donors (Lipinski definition) is 0. The number of hydrogen-bond acceptors (Lipinski definition) is 3. The molecule has 0 aromatic carbocycles. The zero-order valence-electron chi connectivity index (χ0n) is 10.7. The molecule has 0 fully saturated rings. The van der Waals surface area contributed by atoms with Gasteiger partial charge in [0.2, 0.25) is 0 Å². The summed E-state index contributed by atoms with van der Waals surface area (Å²) in [7, 11) is 0. The Balaban J connectivity index is 3.62. The maximum absolute atomic E-state index is 13.0. The van der Waals surface area contributed by atoms with Crippen molar-refractivity contribution >= 4 is 17.6 Å². The first kappa shape index (κ1) is 15.8. The zero-order valence-corrected chi connectivity index (χ0v) is 11.4. The topological polar surface area (TPSA) is 39.2 Å². The summed E-state index contributed by atoms with van der Waals surface area (Å²) in [6.45, 7) is 4.47. The smallest absolute Gasteiger partial charge is 0.434 e. The Morgan fingerprint density at radius 2 is 1.95 bits per heavy atom. The van der Waals surface area contributed by atoms with E-state index in [1.54, 1.807) is 6.92 Å². The van der Waals surface area contributed by atoms with Crippen molar-refractivity contribution in [1.29, 1.82) is 0 Å². The van der Waals surface area contributed by atoms with E-state index in [0.29, 0.717) is 0 Å². The fraction of sp³-hybridized carbons (Fsp3) is 0.500. The Morgan fingerprint density at radius 3 is 2.37 bits per heavy atom. The summed E-state index contributed by atoms with van der Waals surface area (Å²) < 4.78 is 43.6. The van der Waals surface area contributed by atoms with Crippen molar-refractivity contribution < 1.29 is 22.7 Å². The first-order valence-corrected chi connectivity index (χ1v) is 6.05. The van der Waals surface area contributed by atoms with Crippen molar-refractivity contribution in [1.82, 2.24) is 4.98 Å². The van der Waals surface area contributed by atoms with Crippen molar-refractivity contribution in [3.8, 4) is 0 Å². The third-order valence-corrected chi connectivity index (χ3v) is 3.00. The average molecular weight is 296 g/mol. The van der Waals surface area contributed by atoms with Gasteiger partial charge in [0, 0.05) is 0 Å². The first-order valence-electron chi connectivity index (χ1n) is 5.67. The number of nitrogens with zero attached hydrogens (tertiary/aromatic N) is 1. The van der Waals surface area contributed by atoms with Crippen LogP contribution in [0.2, 0.25) is 5.02 Å². The molecule has 19 heavy (non-hydrogen) atoms. The van der Waals surface area contributed by atoms with Gasteiger partial charge in [0.1, 0.15) is 0 Å². The minimum atomic E-state index is -4.73. The molecule has 1 aromatic rings. The van der Waals surface area contributed by atoms with Crippen molar-refractivity contribution in [2.75, 3.05) is 6.61 Å². The second-order valence-electron chi connectivity index (χ2n) is 3.79. The number of carbonyl (C=O) groups excluding carboxylic acids is 1. The Morgan fingerprint density at radius 1 is 1.37 bits per heavy atom. The summed E-state index contributed by atoms with van der Waals surface area (Å²) in [5, 5.41) is 0.0681. The molecule has 0 spiro atoms. The van der Waals surface area contributed by atoms with Crippen LogP contribution in [-0.4, -0.2) is 17.6 Å². The number of carbonyl (C=O) groups is 1. The first-order chi connectivity index (χ1) is 8.73. The Bertz CT molecular complexity index is 501. The molecule has 0 aliphatic heterocycles. The van der Waals surface area contributed by atoms with E-state index >= 15 is 0 Å². The highest BCUT2D eigenvalue weighted by Crippen LogP contribution is 2.36. The molecule has 0 atom stereocenters. The lowest BCUT2D eigenvalue weighted by Crippen LogP contribution is -2.20. The van der Waals surface area contributed by atoms with Crippen LogP contribution in [0.15, 0.2) is 0 Å². The van der Waals surface area contributed by atoms with E-state index in [2.05, 4.69) is 9.72 Å². The molecular weight excluding hydrogens is 283 g/mol. The van der Waals surface area contributed by atoms with Crippen molar-refractivity contribution in [3.05, 3.63) is 27.5 Å². The number of ether oxygens (including phenoxy) is 1. The minimum Gasteiger partial charge on any atom is -0.462 e. The molecular formula is C12H13ClF3NO2. The van der Waals surface area contributed by atoms with Gasteiger partial charge in [-0.15, -0.1) is 0 Å². The predicted octanol–water partition coefficient (Wildman–Crippen LogP) is 3.80. The Kier molecular flexibility index (Phi) is 4.79. The van der Waals surface area contributed by atoms with E-state index in [0.717, 1.165) is 0 Å². The monoisotopic (exact) mass is 295 g/mol. The minimum absolute atomic E-state index is 0.0230.